The van der Waals surface area contributed by atoms with Crippen molar-refractivity contribution in [3.63, 3.8) is 0 Å². The van der Waals surface area contributed by atoms with Crippen molar-refractivity contribution in [1.82, 2.24) is 10.3 Å². The summed E-state index contributed by atoms with van der Waals surface area (Å²) in [6.07, 6.45) is 1.57. The number of halogens is 1. The molecule has 0 spiro atoms. The Morgan fingerprint density at radius 3 is 2.59 bits per heavy atom. The minimum absolute atomic E-state index is 0.258. The number of alkyl carbamates (subject to hydrolysis) is 1. The Kier molecular flexibility index (Phi) is 7.84. The topological polar surface area (TPSA) is 116 Å². The van der Waals surface area contributed by atoms with E-state index in [0.29, 0.717) is 16.6 Å². The fraction of sp³-hybridized carbons (Fsp3) is 0.320. The molecule has 2 aromatic carbocycles. The zero-order valence-electron chi connectivity index (χ0n) is 19.4. The van der Waals surface area contributed by atoms with Crippen LogP contribution in [0.15, 0.2) is 53.1 Å². The molecule has 0 radical (unpaired) electrons. The Hall–Kier alpha value is -3.51. The van der Waals surface area contributed by atoms with E-state index >= 15 is 0 Å². The standard InChI is InChI=1S/C25H27BrN4O4/c1-25(2,3)34-24(32)30-20(12-15-14-28-18-10-6-5-8-16(15)18)21(13-27)29-19-11-7-9-17(26)22(19)23(31)33-4/h5-11,14,20-21,28-29H,12H2,1-4H3,(H,30,32)/t20-,21?/m0/s1. The van der Waals surface area contributed by atoms with E-state index in [0.717, 1.165) is 16.5 Å². The van der Waals surface area contributed by atoms with Crippen LogP contribution in [-0.4, -0.2) is 41.8 Å². The van der Waals surface area contributed by atoms with Crippen molar-refractivity contribution in [3.05, 3.63) is 64.3 Å². The summed E-state index contributed by atoms with van der Waals surface area (Å²) in [5, 5.41) is 17.0. The molecule has 0 bridgehead atoms. The summed E-state index contributed by atoms with van der Waals surface area (Å²) in [4.78, 5) is 28.2. The predicted molar refractivity (Wildman–Crippen MR) is 134 cm³/mol. The number of H-pyrrole nitrogens is 1. The molecule has 1 unspecified atom stereocenters. The quantitative estimate of drug-likeness (QED) is 0.366. The lowest BCUT2D eigenvalue weighted by atomic mass is 9.99. The monoisotopic (exact) mass is 526 g/mol. The highest BCUT2D eigenvalue weighted by Gasteiger charge is 2.29. The molecule has 1 amide bonds. The number of hydrogen-bond acceptors (Lipinski definition) is 6. The van der Waals surface area contributed by atoms with Gasteiger partial charge in [0, 0.05) is 21.6 Å². The van der Waals surface area contributed by atoms with E-state index in [-0.39, 0.29) is 5.56 Å². The molecular weight excluding hydrogens is 500 g/mol. The third-order valence-electron chi connectivity index (χ3n) is 5.07. The third kappa shape index (κ3) is 6.08. The summed E-state index contributed by atoms with van der Waals surface area (Å²) >= 11 is 3.37. The molecule has 178 valence electrons. The van der Waals surface area contributed by atoms with Crippen LogP contribution in [0.5, 0.6) is 0 Å². The molecule has 3 aromatic rings. The number of hydrogen-bond donors (Lipinski definition) is 3. The van der Waals surface area contributed by atoms with Crippen molar-refractivity contribution < 1.29 is 19.1 Å². The lowest BCUT2D eigenvalue weighted by Gasteiger charge is -2.27. The zero-order chi connectivity index (χ0) is 24.9. The summed E-state index contributed by atoms with van der Waals surface area (Å²) in [7, 11) is 1.29. The molecule has 34 heavy (non-hydrogen) atoms. The zero-order valence-corrected chi connectivity index (χ0v) is 21.0. The Morgan fingerprint density at radius 1 is 1.18 bits per heavy atom. The number of fused-ring (bicyclic) bond motifs is 1. The van der Waals surface area contributed by atoms with E-state index in [1.807, 2.05) is 30.5 Å². The first-order valence-electron chi connectivity index (χ1n) is 10.7. The number of nitrogens with one attached hydrogen (secondary N) is 3. The summed E-state index contributed by atoms with van der Waals surface area (Å²) < 4.78 is 10.9. The second kappa shape index (κ2) is 10.6. The van der Waals surface area contributed by atoms with Gasteiger partial charge in [0.15, 0.2) is 0 Å². The van der Waals surface area contributed by atoms with Crippen LogP contribution >= 0.6 is 15.9 Å². The van der Waals surface area contributed by atoms with Gasteiger partial charge in [0.1, 0.15) is 11.6 Å². The first kappa shape index (κ1) is 25.1. The summed E-state index contributed by atoms with van der Waals surface area (Å²) in [6, 6.07) is 13.6. The Morgan fingerprint density at radius 2 is 1.91 bits per heavy atom. The molecule has 0 aliphatic rings. The van der Waals surface area contributed by atoms with Crippen LogP contribution in [0.2, 0.25) is 0 Å². The highest BCUT2D eigenvalue weighted by atomic mass is 79.9. The van der Waals surface area contributed by atoms with Crippen molar-refractivity contribution >= 4 is 44.6 Å². The van der Waals surface area contributed by atoms with Crippen molar-refractivity contribution in [3.8, 4) is 6.07 Å². The van der Waals surface area contributed by atoms with Gasteiger partial charge < -0.3 is 25.1 Å². The number of para-hydroxylation sites is 1. The molecule has 1 heterocycles. The summed E-state index contributed by atoms with van der Waals surface area (Å²) in [5.41, 5.74) is 1.85. The summed E-state index contributed by atoms with van der Waals surface area (Å²) in [6.45, 7) is 5.31. The molecular formula is C25H27BrN4O4. The SMILES string of the molecule is COC(=O)c1c(Br)cccc1NC(C#N)[C@H](Cc1c[nH]c2ccccc12)NC(=O)OC(C)(C)C. The van der Waals surface area contributed by atoms with Crippen molar-refractivity contribution in [1.29, 1.82) is 5.26 Å². The van der Waals surface area contributed by atoms with Crippen LogP contribution in [0.25, 0.3) is 10.9 Å². The number of benzene rings is 2. The summed E-state index contributed by atoms with van der Waals surface area (Å²) in [5.74, 6) is -0.556. The van der Waals surface area contributed by atoms with Crippen LogP contribution in [0.1, 0.15) is 36.7 Å². The minimum Gasteiger partial charge on any atom is -0.465 e. The number of rotatable bonds is 7. The van der Waals surface area contributed by atoms with E-state index in [9.17, 15) is 14.9 Å². The first-order chi connectivity index (χ1) is 16.1. The van der Waals surface area contributed by atoms with Crippen LogP contribution < -0.4 is 10.6 Å². The van der Waals surface area contributed by atoms with Gasteiger partial charge in [0.05, 0.1) is 30.5 Å². The average Bonchev–Trinajstić information content (AvgIpc) is 3.18. The number of aromatic amines is 1. The lowest BCUT2D eigenvalue weighted by Crippen LogP contribution is -2.49. The second-order valence-electron chi connectivity index (χ2n) is 8.72. The van der Waals surface area contributed by atoms with Crippen molar-refractivity contribution in [2.45, 2.75) is 44.9 Å². The predicted octanol–water partition coefficient (Wildman–Crippen LogP) is 5.16. The first-order valence-corrected chi connectivity index (χ1v) is 11.5. The molecule has 8 nitrogen and oxygen atoms in total. The molecule has 2 atom stereocenters. The molecule has 0 aliphatic heterocycles. The lowest BCUT2D eigenvalue weighted by molar-refractivity contribution is 0.0501. The van der Waals surface area contributed by atoms with Gasteiger partial charge >= 0.3 is 12.1 Å². The number of amides is 1. The second-order valence-corrected chi connectivity index (χ2v) is 9.58. The molecule has 9 heteroatoms. The van der Waals surface area contributed by atoms with E-state index in [2.05, 4.69) is 37.6 Å². The van der Waals surface area contributed by atoms with Gasteiger partial charge in [0.2, 0.25) is 0 Å². The normalized spacial score (nSPS) is 12.9. The van der Waals surface area contributed by atoms with E-state index in [4.69, 9.17) is 9.47 Å². The fourth-order valence-electron chi connectivity index (χ4n) is 3.59. The van der Waals surface area contributed by atoms with Gasteiger partial charge in [-0.05, 0) is 66.9 Å². The number of esters is 1. The van der Waals surface area contributed by atoms with E-state index in [1.54, 1.807) is 39.0 Å². The van der Waals surface area contributed by atoms with Crippen molar-refractivity contribution in [2.24, 2.45) is 0 Å². The number of methoxy groups -OCH3 is 1. The van der Waals surface area contributed by atoms with Gasteiger partial charge in [-0.25, -0.2) is 9.59 Å². The Balaban J connectivity index is 1.95. The molecule has 0 fully saturated rings. The van der Waals surface area contributed by atoms with E-state index in [1.165, 1.54) is 7.11 Å². The molecule has 1 aromatic heterocycles. The number of carbonyl (C=O) groups is 2. The fourth-order valence-corrected chi connectivity index (χ4v) is 4.12. The maximum absolute atomic E-state index is 12.6. The number of ether oxygens (including phenoxy) is 2. The number of anilines is 1. The number of nitrogens with zero attached hydrogens (tertiary/aromatic N) is 1. The number of carbonyl (C=O) groups excluding carboxylic acids is 2. The minimum atomic E-state index is -0.890. The highest BCUT2D eigenvalue weighted by Crippen LogP contribution is 2.27. The van der Waals surface area contributed by atoms with Crippen LogP contribution in [0.4, 0.5) is 10.5 Å². The molecule has 0 saturated heterocycles. The average molecular weight is 527 g/mol. The Labute approximate surface area is 206 Å². The van der Waals surface area contributed by atoms with Gasteiger partial charge in [-0.3, -0.25) is 0 Å². The number of nitriles is 1. The number of aromatic nitrogens is 1. The van der Waals surface area contributed by atoms with Gasteiger partial charge in [0.25, 0.3) is 0 Å². The van der Waals surface area contributed by atoms with Crippen LogP contribution in [0, 0.1) is 11.3 Å². The van der Waals surface area contributed by atoms with E-state index < -0.39 is 29.7 Å². The molecule has 0 saturated carbocycles. The molecule has 3 rings (SSSR count). The maximum Gasteiger partial charge on any atom is 0.407 e. The third-order valence-corrected chi connectivity index (χ3v) is 5.73. The molecule has 0 aliphatic carbocycles. The largest absolute Gasteiger partial charge is 0.465 e. The van der Waals surface area contributed by atoms with Crippen molar-refractivity contribution in [2.75, 3.05) is 12.4 Å². The van der Waals surface area contributed by atoms with Crippen LogP contribution in [0.3, 0.4) is 0 Å². The highest BCUT2D eigenvalue weighted by molar-refractivity contribution is 9.10. The van der Waals surface area contributed by atoms with Gasteiger partial charge in [-0.2, -0.15) is 5.26 Å². The molecule has 3 N–H and O–H groups in total. The maximum atomic E-state index is 12.6. The van der Waals surface area contributed by atoms with Gasteiger partial charge in [-0.1, -0.05) is 24.3 Å². The smallest absolute Gasteiger partial charge is 0.407 e. The van der Waals surface area contributed by atoms with Crippen LogP contribution in [-0.2, 0) is 15.9 Å². The Bertz CT molecular complexity index is 1230. The van der Waals surface area contributed by atoms with Gasteiger partial charge in [-0.15, -0.1) is 0 Å².